The molecule has 1 aromatic rings. The van der Waals surface area contributed by atoms with E-state index in [-0.39, 0.29) is 11.9 Å². The van der Waals surface area contributed by atoms with Gasteiger partial charge in [-0.1, -0.05) is 6.07 Å². The third-order valence-electron chi connectivity index (χ3n) is 3.35. The summed E-state index contributed by atoms with van der Waals surface area (Å²) in [4.78, 5) is 13.9. The van der Waals surface area contributed by atoms with Gasteiger partial charge in [0, 0.05) is 25.3 Å². The number of carbonyl (C=O) groups excluding carboxylic acids is 1. The second-order valence-electron chi connectivity index (χ2n) is 6.20. The summed E-state index contributed by atoms with van der Waals surface area (Å²) < 4.78 is 0. The molecule has 0 aromatic heterocycles. The molecule has 0 fully saturated rings. The van der Waals surface area contributed by atoms with Crippen molar-refractivity contribution in [3.63, 3.8) is 0 Å². The number of hydrogen-bond acceptors (Lipinski definition) is 3. The molecule has 112 valence electrons. The lowest BCUT2D eigenvalue weighted by atomic mass is 9.99. The van der Waals surface area contributed by atoms with Crippen molar-refractivity contribution >= 4 is 11.6 Å². The van der Waals surface area contributed by atoms with E-state index in [0.717, 1.165) is 5.69 Å². The minimum atomic E-state index is -0.749. The number of anilines is 1. The van der Waals surface area contributed by atoms with Crippen molar-refractivity contribution in [2.24, 2.45) is 5.73 Å². The van der Waals surface area contributed by atoms with E-state index in [2.05, 4.69) is 42.3 Å². The predicted octanol–water partition coefficient (Wildman–Crippen LogP) is 1.98. The zero-order valence-electron chi connectivity index (χ0n) is 13.4. The molecular formula is C16H27N3O. The van der Waals surface area contributed by atoms with Crippen LogP contribution < -0.4 is 16.0 Å². The summed E-state index contributed by atoms with van der Waals surface area (Å²) in [5.41, 5.74) is 8.35. The summed E-state index contributed by atoms with van der Waals surface area (Å²) in [5, 5.41) is 3.27. The van der Waals surface area contributed by atoms with Crippen LogP contribution in [-0.4, -0.2) is 31.1 Å². The van der Waals surface area contributed by atoms with Gasteiger partial charge in [-0.05, 0) is 57.9 Å². The molecule has 1 amide bonds. The normalized spacial score (nSPS) is 14.2. The van der Waals surface area contributed by atoms with Crippen LogP contribution in [0.15, 0.2) is 18.2 Å². The number of carbonyl (C=O) groups is 1. The summed E-state index contributed by atoms with van der Waals surface area (Å²) in [6, 6.07) is 6.56. The van der Waals surface area contributed by atoms with Crippen LogP contribution >= 0.6 is 0 Å². The van der Waals surface area contributed by atoms with E-state index in [9.17, 15) is 4.79 Å². The number of benzene rings is 1. The van der Waals surface area contributed by atoms with Crippen molar-refractivity contribution in [1.29, 1.82) is 0 Å². The standard InChI is InChI=1S/C16H27N3O/c1-11(2)18-16(5,15(17)20)10-19(6)14-8-12(3)7-13(4)9-14/h7-9,11,18H,10H2,1-6H3,(H2,17,20). The first-order valence-corrected chi connectivity index (χ1v) is 7.01. The van der Waals surface area contributed by atoms with Gasteiger partial charge >= 0.3 is 0 Å². The number of nitrogens with one attached hydrogen (secondary N) is 1. The molecule has 1 aromatic carbocycles. The van der Waals surface area contributed by atoms with Crippen LogP contribution in [0.4, 0.5) is 5.69 Å². The van der Waals surface area contributed by atoms with E-state index in [4.69, 9.17) is 5.73 Å². The fourth-order valence-electron chi connectivity index (χ4n) is 2.57. The van der Waals surface area contributed by atoms with Gasteiger partial charge < -0.3 is 10.6 Å². The second kappa shape index (κ2) is 6.27. The highest BCUT2D eigenvalue weighted by Gasteiger charge is 2.33. The number of primary amides is 1. The molecule has 0 spiro atoms. The van der Waals surface area contributed by atoms with Crippen molar-refractivity contribution in [1.82, 2.24) is 5.32 Å². The molecule has 20 heavy (non-hydrogen) atoms. The Hall–Kier alpha value is -1.55. The Labute approximate surface area is 122 Å². The molecule has 4 heteroatoms. The lowest BCUT2D eigenvalue weighted by molar-refractivity contribution is -0.123. The Morgan fingerprint density at radius 3 is 2.20 bits per heavy atom. The van der Waals surface area contributed by atoms with Gasteiger partial charge in [0.15, 0.2) is 0 Å². The average molecular weight is 277 g/mol. The summed E-state index contributed by atoms with van der Waals surface area (Å²) in [5.74, 6) is -0.331. The highest BCUT2D eigenvalue weighted by atomic mass is 16.1. The van der Waals surface area contributed by atoms with Gasteiger partial charge in [0.05, 0.1) is 0 Å². The van der Waals surface area contributed by atoms with Crippen LogP contribution in [0.3, 0.4) is 0 Å². The van der Waals surface area contributed by atoms with E-state index in [0.29, 0.717) is 6.54 Å². The topological polar surface area (TPSA) is 58.4 Å². The quantitative estimate of drug-likeness (QED) is 0.836. The van der Waals surface area contributed by atoms with Crippen molar-refractivity contribution in [3.05, 3.63) is 29.3 Å². The number of likely N-dealkylation sites (N-methyl/N-ethyl adjacent to an activating group) is 1. The SMILES string of the molecule is Cc1cc(C)cc(N(C)CC(C)(NC(C)C)C(N)=O)c1. The maximum Gasteiger partial charge on any atom is 0.239 e. The monoisotopic (exact) mass is 277 g/mol. The number of aryl methyl sites for hydroxylation is 2. The van der Waals surface area contributed by atoms with Gasteiger partial charge in [-0.2, -0.15) is 0 Å². The first-order valence-electron chi connectivity index (χ1n) is 7.01. The Morgan fingerprint density at radius 2 is 1.80 bits per heavy atom. The van der Waals surface area contributed by atoms with Crippen LogP contribution in [0.25, 0.3) is 0 Å². The predicted molar refractivity (Wildman–Crippen MR) is 85.1 cm³/mol. The van der Waals surface area contributed by atoms with Crippen molar-refractivity contribution in [3.8, 4) is 0 Å². The first-order chi connectivity index (χ1) is 9.14. The third kappa shape index (κ3) is 4.23. The largest absolute Gasteiger partial charge is 0.372 e. The molecule has 1 atom stereocenters. The Bertz CT molecular complexity index is 464. The third-order valence-corrected chi connectivity index (χ3v) is 3.35. The van der Waals surface area contributed by atoms with Crippen LogP contribution in [0, 0.1) is 13.8 Å². The Kier molecular flexibility index (Phi) is 5.17. The van der Waals surface area contributed by atoms with Crippen LogP contribution in [0.5, 0.6) is 0 Å². The van der Waals surface area contributed by atoms with Gasteiger partial charge in [0.1, 0.15) is 5.54 Å². The number of nitrogens with two attached hydrogens (primary N) is 1. The summed E-state index contributed by atoms with van der Waals surface area (Å²) >= 11 is 0. The molecule has 0 aliphatic rings. The molecular weight excluding hydrogens is 250 g/mol. The van der Waals surface area contributed by atoms with Crippen molar-refractivity contribution < 1.29 is 4.79 Å². The van der Waals surface area contributed by atoms with E-state index in [1.807, 2.05) is 27.8 Å². The highest BCUT2D eigenvalue weighted by molar-refractivity contribution is 5.85. The first kappa shape index (κ1) is 16.5. The Morgan fingerprint density at radius 1 is 1.30 bits per heavy atom. The molecule has 0 aliphatic heterocycles. The number of amides is 1. The van der Waals surface area contributed by atoms with Gasteiger partial charge in [-0.15, -0.1) is 0 Å². The molecule has 0 aliphatic carbocycles. The molecule has 4 nitrogen and oxygen atoms in total. The van der Waals surface area contributed by atoms with Gasteiger partial charge in [-0.3, -0.25) is 10.1 Å². The fraction of sp³-hybridized carbons (Fsp3) is 0.562. The summed E-state index contributed by atoms with van der Waals surface area (Å²) in [6.45, 7) is 10.6. The van der Waals surface area contributed by atoms with Crippen molar-refractivity contribution in [2.45, 2.75) is 46.2 Å². The highest BCUT2D eigenvalue weighted by Crippen LogP contribution is 2.19. The smallest absolute Gasteiger partial charge is 0.239 e. The summed E-state index contributed by atoms with van der Waals surface area (Å²) in [6.07, 6.45) is 0. The van der Waals surface area contributed by atoms with E-state index < -0.39 is 5.54 Å². The lowest BCUT2D eigenvalue weighted by Gasteiger charge is -2.35. The van der Waals surface area contributed by atoms with Gasteiger partial charge in [0.25, 0.3) is 0 Å². The van der Waals surface area contributed by atoms with Crippen LogP contribution in [0.2, 0.25) is 0 Å². The molecule has 0 saturated carbocycles. The molecule has 0 bridgehead atoms. The zero-order valence-corrected chi connectivity index (χ0v) is 13.4. The summed E-state index contributed by atoms with van der Waals surface area (Å²) in [7, 11) is 1.98. The van der Waals surface area contributed by atoms with Crippen LogP contribution in [0.1, 0.15) is 31.9 Å². The van der Waals surface area contributed by atoms with E-state index >= 15 is 0 Å². The molecule has 0 radical (unpaired) electrons. The lowest BCUT2D eigenvalue weighted by Crippen LogP contribution is -2.61. The molecule has 3 N–H and O–H groups in total. The number of nitrogens with zero attached hydrogens (tertiary/aromatic N) is 1. The van der Waals surface area contributed by atoms with Crippen molar-refractivity contribution in [2.75, 3.05) is 18.5 Å². The average Bonchev–Trinajstić information content (AvgIpc) is 2.25. The minimum absolute atomic E-state index is 0.195. The number of hydrogen-bond donors (Lipinski definition) is 2. The van der Waals surface area contributed by atoms with E-state index in [1.54, 1.807) is 0 Å². The number of rotatable bonds is 6. The van der Waals surface area contributed by atoms with Gasteiger partial charge in [-0.25, -0.2) is 0 Å². The van der Waals surface area contributed by atoms with E-state index in [1.165, 1.54) is 11.1 Å². The molecule has 0 saturated heterocycles. The minimum Gasteiger partial charge on any atom is -0.372 e. The Balaban J connectivity index is 2.96. The second-order valence-corrected chi connectivity index (χ2v) is 6.20. The zero-order chi connectivity index (χ0) is 15.5. The molecule has 1 unspecified atom stereocenters. The van der Waals surface area contributed by atoms with Crippen LogP contribution in [-0.2, 0) is 4.79 Å². The molecule has 0 heterocycles. The fourth-order valence-corrected chi connectivity index (χ4v) is 2.57. The maximum absolute atomic E-state index is 11.8. The molecule has 1 rings (SSSR count). The van der Waals surface area contributed by atoms with Gasteiger partial charge in [0.2, 0.25) is 5.91 Å². The maximum atomic E-state index is 11.8.